The summed E-state index contributed by atoms with van der Waals surface area (Å²) in [7, 11) is 0. The highest BCUT2D eigenvalue weighted by Gasteiger charge is 2.31. The third kappa shape index (κ3) is 16.4. The van der Waals surface area contributed by atoms with Crippen LogP contribution in [-0.4, -0.2) is 102 Å². The quantitative estimate of drug-likeness (QED) is 0.0294. The van der Waals surface area contributed by atoms with Gasteiger partial charge in [0.1, 0.15) is 24.2 Å². The van der Waals surface area contributed by atoms with Crippen LogP contribution in [0.4, 0.5) is 0 Å². The molecule has 6 atom stereocenters. The molecule has 49 heavy (non-hydrogen) atoms. The highest BCUT2D eigenvalue weighted by molar-refractivity contribution is 5.96. The van der Waals surface area contributed by atoms with Crippen molar-refractivity contribution in [3.8, 4) is 0 Å². The zero-order valence-electron chi connectivity index (χ0n) is 27.6. The van der Waals surface area contributed by atoms with E-state index in [1.807, 2.05) is 0 Å². The van der Waals surface area contributed by atoms with Crippen LogP contribution in [0.1, 0.15) is 69.3 Å². The van der Waals surface area contributed by atoms with E-state index in [0.717, 1.165) is 0 Å². The van der Waals surface area contributed by atoms with Crippen molar-refractivity contribution in [3.63, 3.8) is 0 Å². The summed E-state index contributed by atoms with van der Waals surface area (Å²) in [6.45, 7) is 2.92. The third-order valence-electron chi connectivity index (χ3n) is 7.04. The van der Waals surface area contributed by atoms with Gasteiger partial charge in [0.2, 0.25) is 35.4 Å². The Hall–Kier alpha value is -5.24. The lowest BCUT2D eigenvalue weighted by atomic mass is 10.1. The molecule has 1 rings (SSSR count). The van der Waals surface area contributed by atoms with Crippen LogP contribution in [0, 0.1) is 0 Å². The molecule has 0 aliphatic carbocycles. The molecule has 1 aromatic rings. The van der Waals surface area contributed by atoms with Gasteiger partial charge in [0.15, 0.2) is 11.7 Å². The van der Waals surface area contributed by atoms with Crippen LogP contribution in [0.5, 0.6) is 0 Å². The molecule has 0 aliphatic heterocycles. The maximum absolute atomic E-state index is 13.3. The molecule has 0 fully saturated rings. The fourth-order valence-corrected chi connectivity index (χ4v) is 4.26. The summed E-state index contributed by atoms with van der Waals surface area (Å²) in [5, 5.41) is 22.5. The largest absolute Gasteiger partial charge is 0.459 e. The first-order chi connectivity index (χ1) is 23.0. The lowest BCUT2D eigenvalue weighted by Crippen LogP contribution is -2.60. The number of rotatable bonds is 23. The van der Waals surface area contributed by atoms with Crippen LogP contribution in [0.3, 0.4) is 0 Å². The van der Waals surface area contributed by atoms with Crippen LogP contribution in [0.2, 0.25) is 0 Å². The number of amides is 7. The molecule has 0 saturated heterocycles. The van der Waals surface area contributed by atoms with Crippen LogP contribution in [0.15, 0.2) is 27.8 Å². The Morgan fingerprint density at radius 2 is 1.47 bits per heavy atom. The van der Waals surface area contributed by atoms with Gasteiger partial charge in [-0.15, -0.1) is 0 Å². The van der Waals surface area contributed by atoms with Crippen molar-refractivity contribution >= 4 is 47.3 Å². The molecule has 20 nitrogen and oxygen atoms in total. The Balaban J connectivity index is 2.85. The zero-order valence-corrected chi connectivity index (χ0v) is 27.6. The summed E-state index contributed by atoms with van der Waals surface area (Å²) < 4.78 is 5.02. The number of guanidine groups is 1. The lowest BCUT2D eigenvalue weighted by Gasteiger charge is -2.26. The number of hydrogen-bond donors (Lipinski definition) is 11. The summed E-state index contributed by atoms with van der Waals surface area (Å²) in [4.78, 5) is 90.6. The standard InChI is InChI=1S/C29H49N11O9/c1-15(37-28(48)22(16(2)41)40-25(45)17(30)10-11-21(31)42)24(44)39-19(8-5-13-36-29(33)34)26(46)38-18(23(32)43)7-3-4-12-35-27(47)20-9-6-14-49-20/h6,9,14-19,22,41H,3-5,7-8,10-13,30H2,1-2H3,(H2,31,42)(H2,32,43)(H,35,47)(H,37,48)(H,38,46)(H,39,44)(H,40,45)(H4,33,34,36)/t15-,16+,17-,18-,19-,22-/m0/s1. The van der Waals surface area contributed by atoms with Crippen molar-refractivity contribution in [1.82, 2.24) is 26.6 Å². The number of carbonyl (C=O) groups excluding carboxylic acids is 7. The zero-order chi connectivity index (χ0) is 37.1. The number of unbranched alkanes of at least 4 members (excludes halogenated alkanes) is 1. The fraction of sp³-hybridized carbons (Fsp3) is 0.586. The molecule has 0 spiro atoms. The minimum absolute atomic E-state index is 0.0227. The minimum Gasteiger partial charge on any atom is -0.459 e. The summed E-state index contributed by atoms with van der Waals surface area (Å²) in [6.07, 6.45) is 0.935. The van der Waals surface area contributed by atoms with Crippen molar-refractivity contribution < 1.29 is 43.1 Å². The van der Waals surface area contributed by atoms with Gasteiger partial charge in [-0.2, -0.15) is 0 Å². The average Bonchev–Trinajstić information content (AvgIpc) is 3.57. The average molecular weight is 696 g/mol. The number of aliphatic hydroxyl groups excluding tert-OH is 1. The first kappa shape index (κ1) is 41.8. The van der Waals surface area contributed by atoms with Crippen molar-refractivity contribution in [3.05, 3.63) is 24.2 Å². The number of nitrogens with one attached hydrogen (secondary N) is 5. The number of furan rings is 1. The van der Waals surface area contributed by atoms with Gasteiger partial charge in [0.05, 0.1) is 18.4 Å². The molecule has 0 aliphatic rings. The molecule has 16 N–H and O–H groups in total. The van der Waals surface area contributed by atoms with Crippen LogP contribution < -0.4 is 55.3 Å². The maximum atomic E-state index is 13.3. The van der Waals surface area contributed by atoms with Crippen molar-refractivity contribution in [2.75, 3.05) is 13.1 Å². The highest BCUT2D eigenvalue weighted by atomic mass is 16.3. The smallest absolute Gasteiger partial charge is 0.286 e. The van der Waals surface area contributed by atoms with E-state index in [9.17, 15) is 38.7 Å². The Labute approximate surface area is 283 Å². The van der Waals surface area contributed by atoms with E-state index in [0.29, 0.717) is 12.8 Å². The van der Waals surface area contributed by atoms with Crippen molar-refractivity contribution in [2.45, 2.75) is 95.1 Å². The van der Waals surface area contributed by atoms with Gasteiger partial charge in [-0.3, -0.25) is 38.6 Å². The van der Waals surface area contributed by atoms with Crippen molar-refractivity contribution in [2.24, 2.45) is 33.7 Å². The second kappa shape index (κ2) is 21.6. The van der Waals surface area contributed by atoms with E-state index >= 15 is 0 Å². The summed E-state index contributed by atoms with van der Waals surface area (Å²) in [5.74, 6) is -5.25. The molecule has 274 valence electrons. The first-order valence-corrected chi connectivity index (χ1v) is 15.6. The first-order valence-electron chi connectivity index (χ1n) is 15.6. The molecule has 1 heterocycles. The molecule has 7 amide bonds. The van der Waals surface area contributed by atoms with E-state index in [-0.39, 0.29) is 56.9 Å². The molecule has 0 bridgehead atoms. The summed E-state index contributed by atoms with van der Waals surface area (Å²) in [6, 6.07) is -3.22. The second-order valence-corrected chi connectivity index (χ2v) is 11.3. The number of carbonyl (C=O) groups is 7. The van der Waals surface area contributed by atoms with Gasteiger partial charge in [-0.25, -0.2) is 0 Å². The molecule has 1 aromatic heterocycles. The van der Waals surface area contributed by atoms with Gasteiger partial charge in [-0.05, 0) is 64.5 Å². The number of aliphatic imine (C=N–C) groups is 1. The van der Waals surface area contributed by atoms with Gasteiger partial charge in [0, 0.05) is 19.5 Å². The van der Waals surface area contributed by atoms with Gasteiger partial charge in [-0.1, -0.05) is 0 Å². The number of nitrogens with zero attached hydrogens (tertiary/aromatic N) is 1. The molecular weight excluding hydrogens is 646 g/mol. The number of aliphatic hydroxyl groups is 1. The van der Waals surface area contributed by atoms with Crippen LogP contribution in [0.25, 0.3) is 0 Å². The van der Waals surface area contributed by atoms with Gasteiger partial charge >= 0.3 is 0 Å². The minimum atomic E-state index is -1.52. The van der Waals surface area contributed by atoms with Gasteiger partial charge < -0.3 is 64.8 Å². The van der Waals surface area contributed by atoms with E-state index in [4.69, 9.17) is 33.1 Å². The Morgan fingerprint density at radius 1 is 0.816 bits per heavy atom. The topological polar surface area (TPSA) is 355 Å². The molecular formula is C29H49N11O9. The van der Waals surface area contributed by atoms with Crippen LogP contribution >= 0.6 is 0 Å². The van der Waals surface area contributed by atoms with Crippen molar-refractivity contribution in [1.29, 1.82) is 0 Å². The Bertz CT molecular complexity index is 1300. The Morgan fingerprint density at radius 3 is 2.04 bits per heavy atom. The van der Waals surface area contributed by atoms with E-state index in [2.05, 4.69) is 31.6 Å². The SMILES string of the molecule is C[C@H](NC(=O)[C@@H](NC(=O)[C@@H](N)CCC(N)=O)[C@@H](C)O)C(=O)N[C@@H](CCCN=C(N)N)C(=O)N[C@@H](CCCCNC(=O)c1ccco1)C(N)=O. The second-order valence-electron chi connectivity index (χ2n) is 11.3. The predicted molar refractivity (Wildman–Crippen MR) is 175 cm³/mol. The Kier molecular flexibility index (Phi) is 18.4. The predicted octanol–water partition coefficient (Wildman–Crippen LogP) is -4.35. The van der Waals surface area contributed by atoms with Crippen LogP contribution in [-0.2, 0) is 28.8 Å². The molecule has 0 unspecified atom stereocenters. The van der Waals surface area contributed by atoms with E-state index < -0.39 is 77.7 Å². The monoisotopic (exact) mass is 695 g/mol. The number of primary amides is 2. The molecule has 0 saturated carbocycles. The highest BCUT2D eigenvalue weighted by Crippen LogP contribution is 2.06. The molecule has 0 radical (unpaired) electrons. The third-order valence-corrected chi connectivity index (χ3v) is 7.04. The molecule has 0 aromatic carbocycles. The normalized spacial score (nSPS) is 14.4. The van der Waals surface area contributed by atoms with E-state index in [1.165, 1.54) is 26.2 Å². The number of nitrogens with two attached hydrogens (primary N) is 5. The maximum Gasteiger partial charge on any atom is 0.286 e. The van der Waals surface area contributed by atoms with E-state index in [1.54, 1.807) is 6.07 Å². The summed E-state index contributed by atoms with van der Waals surface area (Å²) >= 11 is 0. The fourth-order valence-electron chi connectivity index (χ4n) is 4.26. The molecule has 20 heteroatoms. The summed E-state index contributed by atoms with van der Waals surface area (Å²) in [5.41, 5.74) is 27.0. The lowest BCUT2D eigenvalue weighted by molar-refractivity contribution is -0.135. The number of hydrogen-bond acceptors (Lipinski definition) is 11. The van der Waals surface area contributed by atoms with Gasteiger partial charge in [0.25, 0.3) is 5.91 Å².